The number of benzene rings is 4. The van der Waals surface area contributed by atoms with E-state index in [0.717, 1.165) is 41.4 Å². The van der Waals surface area contributed by atoms with E-state index in [0.29, 0.717) is 18.4 Å². The van der Waals surface area contributed by atoms with Gasteiger partial charge in [-0.2, -0.15) is 0 Å². The number of nitrogens with zero attached hydrogens (tertiary/aromatic N) is 2. The van der Waals surface area contributed by atoms with Crippen LogP contribution in [0.2, 0.25) is 0 Å². The van der Waals surface area contributed by atoms with Crippen LogP contribution in [0.4, 0.5) is 0 Å². The van der Waals surface area contributed by atoms with E-state index in [-0.39, 0.29) is 12.1 Å². The van der Waals surface area contributed by atoms with Gasteiger partial charge >= 0.3 is 0 Å². The van der Waals surface area contributed by atoms with Gasteiger partial charge in [0.15, 0.2) is 0 Å². The van der Waals surface area contributed by atoms with Crippen molar-refractivity contribution in [2.75, 3.05) is 19.7 Å². The van der Waals surface area contributed by atoms with Crippen molar-refractivity contribution in [1.82, 2.24) is 4.98 Å². The second-order valence-electron chi connectivity index (χ2n) is 11.7. The monoisotopic (exact) mass is 523 g/mol. The van der Waals surface area contributed by atoms with Crippen molar-refractivity contribution in [2.45, 2.75) is 31.5 Å². The molecule has 4 aromatic carbocycles. The maximum Gasteiger partial charge on any atom is 0.136 e. The molecule has 3 heteroatoms. The molecule has 0 aliphatic carbocycles. The van der Waals surface area contributed by atoms with Crippen LogP contribution in [0.1, 0.15) is 30.1 Å². The van der Waals surface area contributed by atoms with Gasteiger partial charge in [-0.05, 0) is 51.2 Å². The van der Waals surface area contributed by atoms with Crippen molar-refractivity contribution in [2.24, 2.45) is 11.8 Å². The van der Waals surface area contributed by atoms with Gasteiger partial charge in [-0.3, -0.25) is 4.98 Å². The molecule has 3 nitrogen and oxygen atoms in total. The maximum atomic E-state index is 6.68. The Balaban J connectivity index is 1.42. The molecule has 3 saturated heterocycles. The lowest BCUT2D eigenvalue weighted by Crippen LogP contribution is -2.67. The fourth-order valence-electron chi connectivity index (χ4n) is 7.87. The summed E-state index contributed by atoms with van der Waals surface area (Å²) in [6.07, 6.45) is 12.1. The zero-order valence-corrected chi connectivity index (χ0v) is 22.9. The predicted molar refractivity (Wildman–Crippen MR) is 165 cm³/mol. The number of hydrogen-bond donors (Lipinski definition) is 0. The lowest BCUT2D eigenvalue weighted by Gasteiger charge is -2.58. The summed E-state index contributed by atoms with van der Waals surface area (Å²) in [6.45, 7) is 7.75. The van der Waals surface area contributed by atoms with E-state index in [2.05, 4.69) is 108 Å². The summed E-state index contributed by atoms with van der Waals surface area (Å²) in [6, 6.07) is 30.9. The average molecular weight is 524 g/mol. The van der Waals surface area contributed by atoms with Crippen molar-refractivity contribution >= 4 is 32.4 Å². The fraction of sp³-hybridized carbons (Fsp3) is 0.270. The second-order valence-corrected chi connectivity index (χ2v) is 11.7. The number of terminal acetylenes is 1. The molecule has 3 aliphatic heterocycles. The second kappa shape index (κ2) is 10.2. The van der Waals surface area contributed by atoms with Crippen LogP contribution in [0, 0.1) is 24.2 Å². The molecule has 3 fully saturated rings. The number of ether oxygens (including phenoxy) is 1. The first-order valence-corrected chi connectivity index (χ1v) is 14.5. The number of para-hydroxylation sites is 1. The third-order valence-electron chi connectivity index (χ3n) is 9.72. The molecule has 0 saturated carbocycles. The summed E-state index contributed by atoms with van der Waals surface area (Å²) in [5.74, 6) is 3.90. The Kier molecular flexibility index (Phi) is 6.39. The van der Waals surface area contributed by atoms with Crippen LogP contribution in [0.3, 0.4) is 0 Å². The maximum absolute atomic E-state index is 6.68. The Bertz CT molecular complexity index is 1710. The minimum atomic E-state index is -0.112. The highest BCUT2D eigenvalue weighted by Crippen LogP contribution is 2.50. The minimum absolute atomic E-state index is 0.112. The molecule has 5 atom stereocenters. The van der Waals surface area contributed by atoms with Gasteiger partial charge in [0.1, 0.15) is 25.3 Å². The van der Waals surface area contributed by atoms with E-state index in [1.807, 2.05) is 6.20 Å². The lowest BCUT2D eigenvalue weighted by molar-refractivity contribution is -0.984. The van der Waals surface area contributed by atoms with Gasteiger partial charge in [0.2, 0.25) is 0 Å². The molecule has 0 spiro atoms. The molecular formula is C37H35N2O+. The first kappa shape index (κ1) is 25.0. The average Bonchev–Trinajstić information content (AvgIpc) is 3.01. The van der Waals surface area contributed by atoms with Crippen LogP contribution in [0.25, 0.3) is 32.4 Å². The van der Waals surface area contributed by atoms with Crippen LogP contribution in [0.15, 0.2) is 104 Å². The minimum Gasteiger partial charge on any atom is -0.355 e. The molecule has 0 amide bonds. The van der Waals surface area contributed by atoms with Gasteiger partial charge in [-0.25, -0.2) is 0 Å². The molecule has 8 rings (SSSR count). The third kappa shape index (κ3) is 4.11. The topological polar surface area (TPSA) is 22.1 Å². The molecule has 2 bridgehead atoms. The number of aromatic nitrogens is 1. The number of rotatable bonds is 7. The number of quaternary nitrogens is 1. The predicted octanol–water partition coefficient (Wildman–Crippen LogP) is 7.84. The van der Waals surface area contributed by atoms with Crippen LogP contribution >= 0.6 is 0 Å². The summed E-state index contributed by atoms with van der Waals surface area (Å²) < 4.78 is 7.66. The highest BCUT2D eigenvalue weighted by atomic mass is 16.5. The fourth-order valence-corrected chi connectivity index (χ4v) is 7.87. The van der Waals surface area contributed by atoms with E-state index in [9.17, 15) is 0 Å². The van der Waals surface area contributed by atoms with Gasteiger partial charge in [-0.15, -0.1) is 13.0 Å². The molecule has 3 aliphatic rings. The van der Waals surface area contributed by atoms with Gasteiger partial charge < -0.3 is 9.22 Å². The van der Waals surface area contributed by atoms with Crippen molar-refractivity contribution in [1.29, 1.82) is 0 Å². The molecule has 198 valence electrons. The van der Waals surface area contributed by atoms with Gasteiger partial charge in [0.05, 0.1) is 18.6 Å². The molecule has 5 aromatic rings. The summed E-state index contributed by atoms with van der Waals surface area (Å²) in [5.41, 5.74) is 3.65. The van der Waals surface area contributed by atoms with Gasteiger partial charge in [0.25, 0.3) is 0 Å². The number of piperidine rings is 3. The Morgan fingerprint density at radius 1 is 0.975 bits per heavy atom. The summed E-state index contributed by atoms with van der Waals surface area (Å²) in [5, 5.41) is 6.47. The molecule has 1 aromatic heterocycles. The van der Waals surface area contributed by atoms with Gasteiger partial charge in [-0.1, -0.05) is 78.7 Å². The standard InChI is InChI=1S/C37H35N2O/c1-3-21-40-37(33-17-19-38-35-16-10-9-15-32(33)35)36-23-27-18-20-39(36,24-26(27)4-2)25-34-30-13-7-5-11-28(30)22-29-12-6-8-14-31(29)34/h1,4-17,19,22,26-27,36-37H,2,18,20-21,23-25H2/q+1/t26-,27-,36+,37-,39-/m0/s1. The largest absolute Gasteiger partial charge is 0.355 e. The van der Waals surface area contributed by atoms with Crippen molar-refractivity contribution < 1.29 is 9.22 Å². The van der Waals surface area contributed by atoms with E-state index < -0.39 is 0 Å². The lowest BCUT2D eigenvalue weighted by atomic mass is 9.70. The summed E-state index contributed by atoms with van der Waals surface area (Å²) in [7, 11) is 0. The Labute approximate surface area is 236 Å². The smallest absolute Gasteiger partial charge is 0.136 e. The van der Waals surface area contributed by atoms with E-state index in [4.69, 9.17) is 11.2 Å². The van der Waals surface area contributed by atoms with Crippen LogP contribution in [-0.2, 0) is 11.3 Å². The summed E-state index contributed by atoms with van der Waals surface area (Å²) >= 11 is 0. The molecule has 0 N–H and O–H groups in total. The Morgan fingerprint density at radius 3 is 2.40 bits per heavy atom. The zero-order chi connectivity index (χ0) is 27.1. The number of fused-ring (bicyclic) bond motifs is 6. The quantitative estimate of drug-likeness (QED) is 0.0938. The number of hydrogen-bond acceptors (Lipinski definition) is 2. The molecule has 0 radical (unpaired) electrons. The summed E-state index contributed by atoms with van der Waals surface area (Å²) in [4.78, 5) is 4.66. The van der Waals surface area contributed by atoms with E-state index >= 15 is 0 Å². The zero-order valence-electron chi connectivity index (χ0n) is 22.9. The molecule has 40 heavy (non-hydrogen) atoms. The van der Waals surface area contributed by atoms with Crippen molar-refractivity contribution in [3.05, 3.63) is 115 Å². The first-order chi connectivity index (χ1) is 19.7. The number of pyridine rings is 1. The van der Waals surface area contributed by atoms with Gasteiger partial charge in [0, 0.05) is 35.9 Å². The Hall–Kier alpha value is -3.97. The molecule has 0 unspecified atom stereocenters. The first-order valence-electron chi connectivity index (χ1n) is 14.5. The highest BCUT2D eigenvalue weighted by Gasteiger charge is 2.54. The van der Waals surface area contributed by atoms with E-state index in [1.165, 1.54) is 39.1 Å². The molecular weight excluding hydrogens is 488 g/mol. The normalized spacial score (nSPS) is 24.7. The van der Waals surface area contributed by atoms with E-state index in [1.54, 1.807) is 0 Å². The van der Waals surface area contributed by atoms with Crippen LogP contribution in [-0.4, -0.2) is 35.2 Å². The van der Waals surface area contributed by atoms with Crippen molar-refractivity contribution in [3.8, 4) is 12.3 Å². The molecule has 4 heterocycles. The van der Waals surface area contributed by atoms with Crippen LogP contribution < -0.4 is 0 Å². The highest BCUT2D eigenvalue weighted by molar-refractivity contribution is 6.02. The third-order valence-corrected chi connectivity index (χ3v) is 9.72. The SMILES string of the molecule is C#CCO[C@@H](c1ccnc2ccccc12)[C@H]1C[C@@H]2CC[N@@+]1(Cc1c3ccccc3cc3ccccc13)C[C@@H]2C=C. The Morgan fingerprint density at radius 2 is 1.68 bits per heavy atom. The van der Waals surface area contributed by atoms with Crippen LogP contribution in [0.5, 0.6) is 0 Å². The van der Waals surface area contributed by atoms with Crippen molar-refractivity contribution in [3.63, 3.8) is 0 Å².